The van der Waals surface area contributed by atoms with Crippen molar-refractivity contribution in [2.75, 3.05) is 23.8 Å². The van der Waals surface area contributed by atoms with Gasteiger partial charge in [-0.25, -0.2) is 0 Å². The molecule has 0 bridgehead atoms. The zero-order valence-electron chi connectivity index (χ0n) is 59.9. The summed E-state index contributed by atoms with van der Waals surface area (Å²) in [5.74, 6) is -0.586. The third kappa shape index (κ3) is 23.5. The molecule has 0 fully saturated rings. The molecule has 0 heterocycles. The minimum absolute atomic E-state index is 0.0107. The topological polar surface area (TPSA) is 185 Å². The zero-order valence-corrected chi connectivity index (χ0v) is 66.2. The molecule has 544 valence electrons. The quantitative estimate of drug-likeness (QED) is 0.0161. The number of nitrogens with one attached hydrogen (secondary N) is 2. The number of rotatable bonds is 47. The van der Waals surface area contributed by atoms with Gasteiger partial charge in [-0.1, -0.05) is 271 Å². The molecule has 0 aliphatic heterocycles. The van der Waals surface area contributed by atoms with Crippen molar-refractivity contribution in [2.45, 2.75) is 252 Å². The van der Waals surface area contributed by atoms with Gasteiger partial charge in [-0.3, -0.25) is 28.8 Å². The Bertz CT molecular complexity index is 3770. The van der Waals surface area contributed by atoms with Gasteiger partial charge >= 0.3 is 11.9 Å². The zero-order chi connectivity index (χ0) is 72.0. The first-order chi connectivity index (χ1) is 49.0. The lowest BCUT2D eigenvalue weighted by atomic mass is 9.78. The minimum atomic E-state index is -0.398. The third-order valence-corrected chi connectivity index (χ3v) is 23.4. The summed E-state index contributed by atoms with van der Waals surface area (Å²) < 4.78 is 14.5. The van der Waals surface area contributed by atoms with Crippen molar-refractivity contribution in [1.29, 1.82) is 0 Å². The first-order valence-electron chi connectivity index (χ1n) is 37.9. The van der Waals surface area contributed by atoms with E-state index in [1.54, 1.807) is 60.7 Å². The van der Waals surface area contributed by atoms with Gasteiger partial charge in [0.2, 0.25) is 0 Å². The van der Waals surface area contributed by atoms with E-state index in [-0.39, 0.29) is 81.6 Å². The number of anilines is 4. The molecule has 2 atom stereocenters. The summed E-state index contributed by atoms with van der Waals surface area (Å²) in [6.07, 6.45) is 42.4. The van der Waals surface area contributed by atoms with Gasteiger partial charge < -0.3 is 30.3 Å². The van der Waals surface area contributed by atoms with Crippen molar-refractivity contribution in [1.82, 2.24) is 0 Å². The fourth-order valence-corrected chi connectivity index (χ4v) is 17.8. The molecule has 6 aromatic rings. The molecule has 4 N–H and O–H groups in total. The number of ether oxygens (including phenoxy) is 2. The highest BCUT2D eigenvalue weighted by molar-refractivity contribution is 9.11. The first-order valence-corrected chi connectivity index (χ1v) is 41.1. The van der Waals surface area contributed by atoms with Gasteiger partial charge in [0.25, 0.3) is 0 Å². The van der Waals surface area contributed by atoms with Crippen LogP contribution in [0.1, 0.15) is 313 Å². The van der Waals surface area contributed by atoms with E-state index in [0.717, 1.165) is 84.9 Å². The van der Waals surface area contributed by atoms with Crippen LogP contribution in [0.2, 0.25) is 0 Å². The van der Waals surface area contributed by atoms with Crippen LogP contribution in [0.3, 0.4) is 0 Å². The van der Waals surface area contributed by atoms with Crippen LogP contribution in [0.5, 0.6) is 11.5 Å². The fourth-order valence-electron chi connectivity index (χ4n) is 14.7. The number of phenolic OH excluding ortho intramolecular Hbond substituents is 2. The SMILES string of the molecule is CCCCCCC(CCCCCCCCCCCCCC(=O)OCCc1c(C)cc(Br)c(Nc2ccc(O)c3c2C(=O)c2ccccc2C3=O)c1Br)C(CCCCCC)CCCCCCCCCCCC(=O)OCCc1cc(Nc2ccc(O)c3c2C(=O)c2ccccc2C3=O)c(Br)cc1Br. The second kappa shape index (κ2) is 42.7. The largest absolute Gasteiger partial charge is 0.507 e. The van der Waals surface area contributed by atoms with Crippen LogP contribution in [-0.4, -0.2) is 58.5 Å². The van der Waals surface area contributed by atoms with Crippen LogP contribution in [0.25, 0.3) is 0 Å². The molecule has 12 nitrogen and oxygen atoms in total. The number of phenols is 2. The van der Waals surface area contributed by atoms with Crippen molar-refractivity contribution in [3.05, 3.63) is 170 Å². The Morgan fingerprint density at radius 3 is 1.19 bits per heavy atom. The van der Waals surface area contributed by atoms with E-state index in [1.165, 1.54) is 179 Å². The maximum atomic E-state index is 13.7. The smallest absolute Gasteiger partial charge is 0.305 e. The van der Waals surface area contributed by atoms with E-state index >= 15 is 0 Å². The summed E-state index contributed by atoms with van der Waals surface area (Å²) in [6, 6.07) is 25.2. The maximum absolute atomic E-state index is 13.7. The molecule has 6 aromatic carbocycles. The number of aryl methyl sites for hydroxylation is 1. The number of benzene rings is 6. The third-order valence-electron chi connectivity index (χ3n) is 20.5. The van der Waals surface area contributed by atoms with Gasteiger partial charge in [0, 0.05) is 65.8 Å². The Labute approximate surface area is 634 Å². The Morgan fingerprint density at radius 2 is 0.772 bits per heavy atom. The van der Waals surface area contributed by atoms with E-state index in [4.69, 9.17) is 9.47 Å². The van der Waals surface area contributed by atoms with Crippen molar-refractivity contribution >= 4 is 122 Å². The van der Waals surface area contributed by atoms with Crippen molar-refractivity contribution in [2.24, 2.45) is 11.8 Å². The Hall–Kier alpha value is -5.94. The predicted octanol–water partition coefficient (Wildman–Crippen LogP) is 24.9. The maximum Gasteiger partial charge on any atom is 0.305 e. The number of aromatic hydroxyl groups is 2. The molecule has 0 saturated heterocycles. The second-order valence-electron chi connectivity index (χ2n) is 28.0. The Morgan fingerprint density at radius 1 is 0.406 bits per heavy atom. The summed E-state index contributed by atoms with van der Waals surface area (Å²) >= 11 is 14.7. The summed E-state index contributed by atoms with van der Waals surface area (Å²) in [5.41, 5.74) is 6.36. The van der Waals surface area contributed by atoms with E-state index in [2.05, 4.69) is 88.2 Å². The number of carbonyl (C=O) groups is 6. The lowest BCUT2D eigenvalue weighted by molar-refractivity contribution is -0.144. The predicted molar refractivity (Wildman–Crippen MR) is 422 cm³/mol. The molecule has 0 aromatic heterocycles. The molecule has 2 aliphatic rings. The average Bonchev–Trinajstić information content (AvgIpc) is 0.750. The molecule has 2 aliphatic carbocycles. The van der Waals surface area contributed by atoms with Gasteiger partial charge in [-0.05, 0) is 139 Å². The number of unbranched alkanes of at least 4 members (excludes halogenated alkanes) is 24. The van der Waals surface area contributed by atoms with Crippen LogP contribution < -0.4 is 10.6 Å². The molecule has 101 heavy (non-hydrogen) atoms. The summed E-state index contributed by atoms with van der Waals surface area (Å²) in [4.78, 5) is 79.9. The summed E-state index contributed by atoms with van der Waals surface area (Å²) in [5, 5.41) is 28.1. The molecule has 0 radical (unpaired) electrons. The standard InChI is InChI=1S/C85H106Br4N2O10/c1-4-6-8-26-36-58(38-28-22-18-14-11-10-12-16-20-25-31-45-75(95)101-53-51-61-57(3)54-68(88)81(80(61)89)91-70-47-49-73(93)79-77(70)83(97)63-41-33-35-43-65(63)85(79)99)59(37-27-9-7-5-2)39-29-23-19-15-13-17-21-24-30-44-74(94)100-52-50-60-55-71(67(87)56-66(60)86)90-69-46-48-72(92)78-76(69)82(96)62-40-32-34-42-64(62)84(78)98/h32-35,40-43,46-49,54-56,58-59,90-93H,4-31,36-39,44-45,50-53H2,1-3H3. The van der Waals surface area contributed by atoms with Crippen LogP contribution in [0.15, 0.2) is 109 Å². The first kappa shape index (κ1) is 80.7. The normalized spacial score (nSPS) is 13.0. The molecule has 0 spiro atoms. The Balaban J connectivity index is 0.647. The number of esters is 2. The van der Waals surface area contributed by atoms with Gasteiger partial charge in [-0.2, -0.15) is 0 Å². The number of halogens is 4. The van der Waals surface area contributed by atoms with Gasteiger partial charge in [-0.15, -0.1) is 0 Å². The van der Waals surface area contributed by atoms with Crippen LogP contribution in [-0.2, 0) is 31.9 Å². The van der Waals surface area contributed by atoms with Gasteiger partial charge in [0.05, 0.1) is 58.2 Å². The lowest BCUT2D eigenvalue weighted by Gasteiger charge is -2.28. The van der Waals surface area contributed by atoms with Gasteiger partial charge in [0.1, 0.15) is 11.5 Å². The van der Waals surface area contributed by atoms with Crippen molar-refractivity contribution in [3.8, 4) is 11.5 Å². The number of ketones is 4. The van der Waals surface area contributed by atoms with Crippen molar-refractivity contribution < 1.29 is 48.5 Å². The van der Waals surface area contributed by atoms with Crippen LogP contribution >= 0.6 is 63.7 Å². The van der Waals surface area contributed by atoms with Crippen LogP contribution in [0.4, 0.5) is 22.7 Å². The number of hydrogen-bond acceptors (Lipinski definition) is 12. The molecule has 0 saturated carbocycles. The van der Waals surface area contributed by atoms with E-state index < -0.39 is 11.6 Å². The summed E-state index contributed by atoms with van der Waals surface area (Å²) in [7, 11) is 0. The number of carbonyl (C=O) groups excluding carboxylic acids is 6. The molecule has 16 heteroatoms. The number of fused-ring (bicyclic) bond motifs is 4. The molecular weight excluding hydrogens is 1530 g/mol. The van der Waals surface area contributed by atoms with Gasteiger partial charge in [0.15, 0.2) is 23.1 Å². The van der Waals surface area contributed by atoms with E-state index in [9.17, 15) is 39.0 Å². The van der Waals surface area contributed by atoms with Crippen molar-refractivity contribution in [3.63, 3.8) is 0 Å². The number of hydrogen-bond donors (Lipinski definition) is 4. The highest BCUT2D eigenvalue weighted by Crippen LogP contribution is 2.44. The Kier molecular flexibility index (Phi) is 34.2. The monoisotopic (exact) mass is 1630 g/mol. The molecule has 0 amide bonds. The minimum Gasteiger partial charge on any atom is -0.507 e. The molecule has 8 rings (SSSR count). The molecule has 2 unspecified atom stereocenters. The van der Waals surface area contributed by atoms with Crippen LogP contribution in [0, 0.1) is 18.8 Å². The fraction of sp³-hybridized carbons (Fsp3) is 0.506. The van der Waals surface area contributed by atoms with E-state index in [1.807, 2.05) is 25.1 Å². The highest BCUT2D eigenvalue weighted by Gasteiger charge is 2.36. The molecular formula is C85H106Br4N2O10. The second-order valence-corrected chi connectivity index (χ2v) is 31.4. The average molecular weight is 1640 g/mol. The lowest BCUT2D eigenvalue weighted by Crippen LogP contribution is -2.22. The highest BCUT2D eigenvalue weighted by atomic mass is 79.9. The summed E-state index contributed by atoms with van der Waals surface area (Å²) in [6.45, 7) is 7.12. The van der Waals surface area contributed by atoms with E-state index in [0.29, 0.717) is 59.6 Å².